The lowest BCUT2D eigenvalue weighted by Gasteiger charge is -2.27. The number of hydrogen-bond donors (Lipinski definition) is 4. The van der Waals surface area contributed by atoms with Crippen LogP contribution in [0.1, 0.15) is 30.4 Å². The molecule has 0 spiro atoms. The van der Waals surface area contributed by atoms with Gasteiger partial charge in [0.1, 0.15) is 18.5 Å². The Hall–Kier alpha value is -2.38. The van der Waals surface area contributed by atoms with E-state index in [-0.39, 0.29) is 6.04 Å². The normalized spacial score (nSPS) is 17.9. The summed E-state index contributed by atoms with van der Waals surface area (Å²) < 4.78 is 5.67. The molecule has 144 valence electrons. The smallest absolute Gasteiger partial charge is 0.328 e. The highest BCUT2D eigenvalue weighted by Crippen LogP contribution is 2.17. The summed E-state index contributed by atoms with van der Waals surface area (Å²) in [5, 5.41) is 29.0. The number of aliphatic hydroxyl groups is 1. The summed E-state index contributed by atoms with van der Waals surface area (Å²) in [4.78, 5) is 19.1. The SMILES string of the molecule is Cc1ccc(OCC(O)C2CCCCN2)cc1C.O=C(O)/C=C/C(=O)O. The first-order valence-electron chi connectivity index (χ1n) is 8.55. The molecule has 26 heavy (non-hydrogen) atoms. The molecule has 1 aliphatic rings. The molecular weight excluding hydrogens is 338 g/mol. The predicted octanol–water partition coefficient (Wildman–Crippen LogP) is 1.90. The van der Waals surface area contributed by atoms with Crippen LogP contribution in [-0.4, -0.2) is 52.6 Å². The minimum atomic E-state index is -1.26. The molecule has 0 bridgehead atoms. The van der Waals surface area contributed by atoms with Crippen molar-refractivity contribution in [2.24, 2.45) is 0 Å². The van der Waals surface area contributed by atoms with Crippen molar-refractivity contribution in [3.05, 3.63) is 41.5 Å². The van der Waals surface area contributed by atoms with E-state index in [0.29, 0.717) is 18.8 Å². The Balaban J connectivity index is 0.000000359. The van der Waals surface area contributed by atoms with Crippen molar-refractivity contribution in [3.8, 4) is 5.75 Å². The minimum absolute atomic E-state index is 0.185. The second-order valence-corrected chi connectivity index (χ2v) is 6.19. The fourth-order valence-electron chi connectivity index (χ4n) is 2.45. The van der Waals surface area contributed by atoms with Gasteiger partial charge >= 0.3 is 11.9 Å². The van der Waals surface area contributed by atoms with Gasteiger partial charge in [0.2, 0.25) is 0 Å². The molecule has 1 heterocycles. The van der Waals surface area contributed by atoms with Gasteiger partial charge in [0, 0.05) is 18.2 Å². The predicted molar refractivity (Wildman–Crippen MR) is 97.5 cm³/mol. The number of nitrogens with one attached hydrogen (secondary N) is 1. The number of aliphatic carboxylic acids is 2. The third-order valence-corrected chi connectivity index (χ3v) is 4.08. The molecule has 0 saturated carbocycles. The Bertz CT molecular complexity index is 606. The van der Waals surface area contributed by atoms with Crippen LogP contribution in [0.3, 0.4) is 0 Å². The second kappa shape index (κ2) is 11.3. The van der Waals surface area contributed by atoms with Gasteiger partial charge in [0.15, 0.2) is 0 Å². The lowest BCUT2D eigenvalue weighted by molar-refractivity contribution is -0.134. The van der Waals surface area contributed by atoms with Gasteiger partial charge in [0.25, 0.3) is 0 Å². The van der Waals surface area contributed by atoms with Crippen LogP contribution in [0, 0.1) is 13.8 Å². The van der Waals surface area contributed by atoms with Crippen LogP contribution in [0.25, 0.3) is 0 Å². The zero-order chi connectivity index (χ0) is 19.5. The van der Waals surface area contributed by atoms with Gasteiger partial charge in [-0.1, -0.05) is 12.5 Å². The molecule has 0 radical (unpaired) electrons. The zero-order valence-corrected chi connectivity index (χ0v) is 15.1. The van der Waals surface area contributed by atoms with Gasteiger partial charge in [-0.3, -0.25) is 0 Å². The van der Waals surface area contributed by atoms with Crippen molar-refractivity contribution in [3.63, 3.8) is 0 Å². The molecule has 1 saturated heterocycles. The van der Waals surface area contributed by atoms with E-state index in [2.05, 4.69) is 25.2 Å². The van der Waals surface area contributed by atoms with Gasteiger partial charge in [0.05, 0.1) is 0 Å². The quantitative estimate of drug-likeness (QED) is 0.569. The summed E-state index contributed by atoms with van der Waals surface area (Å²) in [7, 11) is 0. The van der Waals surface area contributed by atoms with Gasteiger partial charge < -0.3 is 25.4 Å². The molecule has 0 amide bonds. The number of benzene rings is 1. The number of aliphatic hydroxyl groups excluding tert-OH is 1. The van der Waals surface area contributed by atoms with E-state index in [0.717, 1.165) is 18.7 Å². The Labute approximate surface area is 153 Å². The fourth-order valence-corrected chi connectivity index (χ4v) is 2.45. The largest absolute Gasteiger partial charge is 0.491 e. The first-order chi connectivity index (χ1) is 12.3. The van der Waals surface area contributed by atoms with E-state index >= 15 is 0 Å². The lowest BCUT2D eigenvalue weighted by Crippen LogP contribution is -2.45. The number of rotatable bonds is 6. The van der Waals surface area contributed by atoms with Gasteiger partial charge in [-0.15, -0.1) is 0 Å². The Morgan fingerprint density at radius 3 is 2.35 bits per heavy atom. The molecule has 2 rings (SSSR count). The highest BCUT2D eigenvalue weighted by Gasteiger charge is 2.21. The number of aryl methyl sites for hydroxylation is 2. The van der Waals surface area contributed by atoms with Gasteiger partial charge in [-0.25, -0.2) is 9.59 Å². The maximum absolute atomic E-state index is 10.1. The average Bonchev–Trinajstić information content (AvgIpc) is 2.62. The number of carboxylic acid groups (broad SMARTS) is 2. The van der Waals surface area contributed by atoms with Crippen molar-refractivity contribution >= 4 is 11.9 Å². The molecule has 0 aliphatic carbocycles. The molecule has 7 nitrogen and oxygen atoms in total. The van der Waals surface area contributed by atoms with Crippen LogP contribution in [0.15, 0.2) is 30.4 Å². The van der Waals surface area contributed by atoms with Gasteiger partial charge in [-0.2, -0.15) is 0 Å². The summed E-state index contributed by atoms with van der Waals surface area (Å²) in [6.45, 7) is 5.52. The number of hydrogen-bond acceptors (Lipinski definition) is 5. The van der Waals surface area contributed by atoms with E-state index in [1.807, 2.05) is 12.1 Å². The van der Waals surface area contributed by atoms with E-state index in [1.54, 1.807) is 0 Å². The maximum atomic E-state index is 10.1. The molecule has 4 N–H and O–H groups in total. The number of piperidine rings is 1. The molecule has 2 atom stereocenters. The molecule has 1 fully saturated rings. The number of carbonyl (C=O) groups is 2. The molecule has 2 unspecified atom stereocenters. The van der Waals surface area contributed by atoms with Crippen molar-refractivity contribution in [1.29, 1.82) is 0 Å². The molecule has 0 aromatic heterocycles. The fraction of sp³-hybridized carbons (Fsp3) is 0.474. The van der Waals surface area contributed by atoms with E-state index in [1.165, 1.54) is 24.0 Å². The van der Waals surface area contributed by atoms with Crippen LogP contribution in [0.2, 0.25) is 0 Å². The van der Waals surface area contributed by atoms with Gasteiger partial charge in [-0.05, 0) is 56.5 Å². The molecule has 1 aliphatic heterocycles. The van der Waals surface area contributed by atoms with Crippen molar-refractivity contribution in [2.45, 2.75) is 45.3 Å². The topological polar surface area (TPSA) is 116 Å². The van der Waals surface area contributed by atoms with Crippen molar-refractivity contribution in [2.75, 3.05) is 13.2 Å². The maximum Gasteiger partial charge on any atom is 0.328 e. The standard InChI is InChI=1S/C15H23NO2.C4H4O4/c1-11-6-7-13(9-12(11)2)18-10-15(17)14-5-3-4-8-16-14;5-3(6)1-2-4(7)8/h6-7,9,14-17H,3-5,8,10H2,1-2H3;1-2H,(H,5,6)(H,7,8)/b;2-1+. The number of carboxylic acids is 2. The third-order valence-electron chi connectivity index (χ3n) is 4.08. The van der Waals surface area contributed by atoms with Crippen molar-refractivity contribution in [1.82, 2.24) is 5.32 Å². The summed E-state index contributed by atoms with van der Waals surface area (Å²) >= 11 is 0. The van der Waals surface area contributed by atoms with Crippen LogP contribution in [-0.2, 0) is 9.59 Å². The molecule has 1 aromatic carbocycles. The van der Waals surface area contributed by atoms with Crippen LogP contribution in [0.4, 0.5) is 0 Å². The monoisotopic (exact) mass is 365 g/mol. The number of ether oxygens (including phenoxy) is 1. The van der Waals surface area contributed by atoms with Crippen LogP contribution < -0.4 is 10.1 Å². The first kappa shape index (κ1) is 21.7. The Morgan fingerprint density at radius 1 is 1.19 bits per heavy atom. The summed E-state index contributed by atoms with van der Waals surface area (Å²) in [5.41, 5.74) is 2.48. The molecule has 1 aromatic rings. The van der Waals surface area contributed by atoms with Crippen molar-refractivity contribution < 1.29 is 29.6 Å². The summed E-state index contributed by atoms with van der Waals surface area (Å²) in [6, 6.07) is 6.22. The van der Waals surface area contributed by atoms with E-state index in [4.69, 9.17) is 14.9 Å². The van der Waals surface area contributed by atoms with E-state index < -0.39 is 18.0 Å². The second-order valence-electron chi connectivity index (χ2n) is 6.19. The molecular formula is C19H27NO6. The Kier molecular flexibility index (Phi) is 9.40. The Morgan fingerprint density at radius 2 is 1.85 bits per heavy atom. The van der Waals surface area contributed by atoms with E-state index in [9.17, 15) is 14.7 Å². The summed E-state index contributed by atoms with van der Waals surface area (Å²) in [5.74, 6) is -1.67. The summed E-state index contributed by atoms with van der Waals surface area (Å²) in [6.07, 6.45) is 4.13. The highest BCUT2D eigenvalue weighted by atomic mass is 16.5. The lowest BCUT2D eigenvalue weighted by atomic mass is 10.0. The van der Waals surface area contributed by atoms with Crippen LogP contribution >= 0.6 is 0 Å². The zero-order valence-electron chi connectivity index (χ0n) is 15.1. The third kappa shape index (κ3) is 8.64. The molecule has 7 heteroatoms. The minimum Gasteiger partial charge on any atom is -0.491 e. The highest BCUT2D eigenvalue weighted by molar-refractivity contribution is 5.89. The average molecular weight is 365 g/mol. The first-order valence-corrected chi connectivity index (χ1v) is 8.55. The van der Waals surface area contributed by atoms with Crippen LogP contribution in [0.5, 0.6) is 5.75 Å².